The zero-order valence-electron chi connectivity index (χ0n) is 16.4. The molecule has 0 saturated carbocycles. The second-order valence-corrected chi connectivity index (χ2v) is 9.40. The number of amides is 1. The number of thioether (sulfide) groups is 1. The number of ether oxygens (including phenoxy) is 1. The number of carbonyl (C=O) groups excluding carboxylic acids is 2. The van der Waals surface area contributed by atoms with Crippen molar-refractivity contribution >= 4 is 50.7 Å². The third-order valence-electron chi connectivity index (χ3n) is 4.66. The number of anilines is 1. The molecule has 1 aliphatic rings. The van der Waals surface area contributed by atoms with E-state index in [1.807, 2.05) is 6.92 Å². The maximum absolute atomic E-state index is 13.0. The predicted molar refractivity (Wildman–Crippen MR) is 119 cm³/mol. The summed E-state index contributed by atoms with van der Waals surface area (Å²) in [7, 11) is 0. The SMILES string of the molecule is C=CCN1C(=O)COc2ccc(C(=O)C(C)Sc3nc4sc(C)cc4c(=O)[nH]3)cc21. The summed E-state index contributed by atoms with van der Waals surface area (Å²) in [5, 5.41) is 0.472. The Hall–Kier alpha value is -2.91. The molecule has 1 N–H and O–H groups in total. The normalized spacial score (nSPS) is 14.3. The van der Waals surface area contributed by atoms with Crippen LogP contribution in [-0.4, -0.2) is 40.1 Å². The number of thiophene rings is 1. The zero-order chi connectivity index (χ0) is 21.4. The standard InChI is InChI=1S/C21H19N3O4S2/c1-4-7-24-15-9-13(5-6-16(15)28-10-17(24)25)18(26)12(3)30-21-22-19(27)14-8-11(2)29-20(14)23-21/h4-6,8-9,12H,1,7,10H2,2-3H3,(H,22,23,27). The zero-order valence-corrected chi connectivity index (χ0v) is 18.1. The molecule has 0 fully saturated rings. The number of benzene rings is 1. The molecule has 1 aromatic carbocycles. The monoisotopic (exact) mass is 441 g/mol. The summed E-state index contributed by atoms with van der Waals surface area (Å²) in [5.41, 5.74) is 0.795. The van der Waals surface area contributed by atoms with E-state index in [2.05, 4.69) is 16.5 Å². The average Bonchev–Trinajstić information content (AvgIpc) is 3.10. The van der Waals surface area contributed by atoms with Gasteiger partial charge in [0.05, 0.1) is 16.3 Å². The molecule has 1 unspecified atom stereocenters. The van der Waals surface area contributed by atoms with Crippen LogP contribution in [0.5, 0.6) is 5.75 Å². The quantitative estimate of drug-likeness (QED) is 0.272. The third kappa shape index (κ3) is 3.78. The van der Waals surface area contributed by atoms with Crippen LogP contribution in [0.3, 0.4) is 0 Å². The maximum Gasteiger partial charge on any atom is 0.265 e. The number of hydrogen-bond donors (Lipinski definition) is 1. The number of aromatic amines is 1. The number of Topliss-reactive ketones (excluding diaryl/α,β-unsaturated/α-hetero) is 1. The Morgan fingerprint density at radius 3 is 3.00 bits per heavy atom. The van der Waals surface area contributed by atoms with E-state index in [1.165, 1.54) is 23.1 Å². The van der Waals surface area contributed by atoms with Crippen molar-refractivity contribution in [3.8, 4) is 5.75 Å². The molecule has 0 aliphatic carbocycles. The van der Waals surface area contributed by atoms with Gasteiger partial charge in [-0.15, -0.1) is 17.9 Å². The van der Waals surface area contributed by atoms with Crippen LogP contribution in [0.25, 0.3) is 10.2 Å². The molecule has 0 spiro atoms. The fourth-order valence-electron chi connectivity index (χ4n) is 3.23. The van der Waals surface area contributed by atoms with Crippen molar-refractivity contribution in [1.29, 1.82) is 0 Å². The topological polar surface area (TPSA) is 92.4 Å². The number of aromatic nitrogens is 2. The molecule has 154 valence electrons. The van der Waals surface area contributed by atoms with E-state index in [9.17, 15) is 14.4 Å². The second kappa shape index (κ2) is 8.08. The molecular weight excluding hydrogens is 422 g/mol. The lowest BCUT2D eigenvalue weighted by atomic mass is 10.1. The van der Waals surface area contributed by atoms with E-state index >= 15 is 0 Å². The molecule has 4 rings (SSSR count). The number of H-pyrrole nitrogens is 1. The Labute approximate surface area is 180 Å². The van der Waals surface area contributed by atoms with E-state index in [0.29, 0.717) is 38.9 Å². The first kappa shape index (κ1) is 20.4. The van der Waals surface area contributed by atoms with Crippen LogP contribution in [0, 0.1) is 6.92 Å². The summed E-state index contributed by atoms with van der Waals surface area (Å²) in [4.78, 5) is 47.9. The summed E-state index contributed by atoms with van der Waals surface area (Å²) in [6.45, 7) is 7.67. The Balaban J connectivity index is 1.59. The Kier molecular flexibility index (Phi) is 5.48. The van der Waals surface area contributed by atoms with Crippen molar-refractivity contribution in [3.63, 3.8) is 0 Å². The lowest BCUT2D eigenvalue weighted by Crippen LogP contribution is -2.39. The van der Waals surface area contributed by atoms with Gasteiger partial charge in [-0.3, -0.25) is 14.4 Å². The second-order valence-electron chi connectivity index (χ2n) is 6.84. The van der Waals surface area contributed by atoms with Gasteiger partial charge in [-0.05, 0) is 38.1 Å². The van der Waals surface area contributed by atoms with E-state index in [0.717, 1.165) is 4.88 Å². The summed E-state index contributed by atoms with van der Waals surface area (Å²) in [6, 6.07) is 6.85. The number of aryl methyl sites for hydroxylation is 1. The number of carbonyl (C=O) groups is 2. The van der Waals surface area contributed by atoms with Gasteiger partial charge >= 0.3 is 0 Å². The van der Waals surface area contributed by atoms with Gasteiger partial charge in [0.25, 0.3) is 11.5 Å². The molecule has 3 heterocycles. The summed E-state index contributed by atoms with van der Waals surface area (Å²) >= 11 is 2.64. The molecule has 9 heteroatoms. The van der Waals surface area contributed by atoms with Gasteiger partial charge in [0, 0.05) is 17.0 Å². The van der Waals surface area contributed by atoms with Gasteiger partial charge in [-0.1, -0.05) is 17.8 Å². The van der Waals surface area contributed by atoms with E-state index in [4.69, 9.17) is 4.74 Å². The Morgan fingerprint density at radius 1 is 1.43 bits per heavy atom. The first-order valence-corrected chi connectivity index (χ1v) is 11.0. The van der Waals surface area contributed by atoms with E-state index in [-0.39, 0.29) is 23.9 Å². The summed E-state index contributed by atoms with van der Waals surface area (Å²) in [6.07, 6.45) is 1.63. The summed E-state index contributed by atoms with van der Waals surface area (Å²) < 4.78 is 5.47. The minimum Gasteiger partial charge on any atom is -0.482 e. The average molecular weight is 442 g/mol. The van der Waals surface area contributed by atoms with Crippen LogP contribution in [0.4, 0.5) is 5.69 Å². The van der Waals surface area contributed by atoms with Gasteiger partial charge in [-0.25, -0.2) is 4.98 Å². The molecule has 3 aromatic rings. The molecular formula is C21H19N3O4S2. The molecule has 1 amide bonds. The maximum atomic E-state index is 13.0. The molecule has 1 aliphatic heterocycles. The van der Waals surface area contributed by atoms with Gasteiger partial charge in [0.1, 0.15) is 10.6 Å². The van der Waals surface area contributed by atoms with Crippen LogP contribution in [-0.2, 0) is 4.79 Å². The number of fused-ring (bicyclic) bond motifs is 2. The lowest BCUT2D eigenvalue weighted by Gasteiger charge is -2.29. The number of hydrogen-bond acceptors (Lipinski definition) is 7. The fourth-order valence-corrected chi connectivity index (χ4v) is 5.04. The van der Waals surface area contributed by atoms with Crippen molar-refractivity contribution in [2.45, 2.75) is 24.3 Å². The molecule has 0 radical (unpaired) electrons. The van der Waals surface area contributed by atoms with Crippen LogP contribution in [0.1, 0.15) is 22.2 Å². The highest BCUT2D eigenvalue weighted by Gasteiger charge is 2.27. The van der Waals surface area contributed by atoms with Crippen molar-refractivity contribution < 1.29 is 14.3 Å². The highest BCUT2D eigenvalue weighted by molar-refractivity contribution is 8.00. The molecule has 7 nitrogen and oxygen atoms in total. The van der Waals surface area contributed by atoms with Crippen molar-refractivity contribution in [1.82, 2.24) is 9.97 Å². The smallest absolute Gasteiger partial charge is 0.265 e. The number of nitrogens with one attached hydrogen (secondary N) is 1. The first-order chi connectivity index (χ1) is 14.4. The van der Waals surface area contributed by atoms with Crippen LogP contribution in [0.15, 0.2) is 46.9 Å². The number of ketones is 1. The minimum atomic E-state index is -0.488. The third-order valence-corrected chi connectivity index (χ3v) is 6.59. The molecule has 0 bridgehead atoms. The van der Waals surface area contributed by atoms with Crippen molar-refractivity contribution in [2.75, 3.05) is 18.1 Å². The minimum absolute atomic E-state index is 0.0376. The van der Waals surface area contributed by atoms with E-state index in [1.54, 1.807) is 42.2 Å². The molecule has 2 aromatic heterocycles. The lowest BCUT2D eigenvalue weighted by molar-refractivity contribution is -0.121. The van der Waals surface area contributed by atoms with Crippen LogP contribution < -0.4 is 15.2 Å². The first-order valence-electron chi connectivity index (χ1n) is 9.27. The Bertz CT molecular complexity index is 1230. The number of rotatable bonds is 6. The van der Waals surface area contributed by atoms with Gasteiger partial charge in [0.2, 0.25) is 0 Å². The van der Waals surface area contributed by atoms with Gasteiger partial charge < -0.3 is 14.6 Å². The predicted octanol–water partition coefficient (Wildman–Crippen LogP) is 3.57. The van der Waals surface area contributed by atoms with Gasteiger partial charge in [-0.2, -0.15) is 0 Å². The highest BCUT2D eigenvalue weighted by atomic mass is 32.2. The van der Waals surface area contributed by atoms with Crippen molar-refractivity contribution in [3.05, 3.63) is 57.7 Å². The highest BCUT2D eigenvalue weighted by Crippen LogP contribution is 2.34. The Morgan fingerprint density at radius 2 is 2.23 bits per heavy atom. The summed E-state index contributed by atoms with van der Waals surface area (Å²) in [5.74, 6) is 0.234. The molecule has 0 saturated heterocycles. The van der Waals surface area contributed by atoms with Crippen LogP contribution >= 0.6 is 23.1 Å². The molecule has 1 atom stereocenters. The largest absolute Gasteiger partial charge is 0.482 e. The molecule has 30 heavy (non-hydrogen) atoms. The van der Waals surface area contributed by atoms with E-state index < -0.39 is 5.25 Å². The van der Waals surface area contributed by atoms with Crippen molar-refractivity contribution in [2.24, 2.45) is 0 Å². The van der Waals surface area contributed by atoms with Crippen LogP contribution in [0.2, 0.25) is 0 Å². The van der Waals surface area contributed by atoms with Gasteiger partial charge in [0.15, 0.2) is 17.5 Å². The number of nitrogens with zero attached hydrogens (tertiary/aromatic N) is 2. The fraction of sp³-hybridized carbons (Fsp3) is 0.238.